The molecule has 1 aromatic heterocycles. The standard InChI is InChI=1S/C23H28N2O4/c1-15-12-16-17(13-23(2,3)14-20(16)29-15)24-21(26)8-9-22(27)25-10-11-28-19-7-5-4-6-18(19)25/h4-7,12,17H,8-11,13-14H2,1-3H3,(H,24,26). The molecule has 2 amide bonds. The van der Waals surface area contributed by atoms with Gasteiger partial charge in [-0.3, -0.25) is 9.59 Å². The van der Waals surface area contributed by atoms with Gasteiger partial charge in [-0.2, -0.15) is 0 Å². The molecule has 1 aliphatic heterocycles. The van der Waals surface area contributed by atoms with E-state index in [1.807, 2.05) is 37.3 Å². The molecule has 2 aliphatic rings. The van der Waals surface area contributed by atoms with Gasteiger partial charge in [0.15, 0.2) is 0 Å². The van der Waals surface area contributed by atoms with E-state index < -0.39 is 0 Å². The van der Waals surface area contributed by atoms with Gasteiger partial charge in [-0.1, -0.05) is 26.0 Å². The van der Waals surface area contributed by atoms with Crippen LogP contribution in [0.25, 0.3) is 0 Å². The Morgan fingerprint density at radius 1 is 1.24 bits per heavy atom. The van der Waals surface area contributed by atoms with Crippen LogP contribution in [-0.2, 0) is 16.0 Å². The molecule has 4 rings (SSSR count). The fourth-order valence-corrected chi connectivity index (χ4v) is 4.36. The summed E-state index contributed by atoms with van der Waals surface area (Å²) in [6, 6.07) is 9.45. The van der Waals surface area contributed by atoms with Crippen molar-refractivity contribution in [1.29, 1.82) is 0 Å². The van der Waals surface area contributed by atoms with Crippen molar-refractivity contribution in [2.75, 3.05) is 18.1 Å². The van der Waals surface area contributed by atoms with Crippen molar-refractivity contribution in [1.82, 2.24) is 5.32 Å². The van der Waals surface area contributed by atoms with Gasteiger partial charge in [0.2, 0.25) is 11.8 Å². The fourth-order valence-electron chi connectivity index (χ4n) is 4.36. The lowest BCUT2D eigenvalue weighted by Gasteiger charge is -2.34. The molecule has 0 bridgehead atoms. The molecule has 29 heavy (non-hydrogen) atoms. The van der Waals surface area contributed by atoms with Gasteiger partial charge in [0.25, 0.3) is 0 Å². The Morgan fingerprint density at radius 3 is 2.86 bits per heavy atom. The van der Waals surface area contributed by atoms with E-state index in [1.54, 1.807) is 4.90 Å². The number of amides is 2. The Balaban J connectivity index is 1.38. The van der Waals surface area contributed by atoms with Crippen LogP contribution in [0.2, 0.25) is 0 Å². The molecule has 2 aromatic rings. The van der Waals surface area contributed by atoms with Crippen LogP contribution in [0.15, 0.2) is 34.7 Å². The maximum Gasteiger partial charge on any atom is 0.227 e. The third kappa shape index (κ3) is 4.16. The summed E-state index contributed by atoms with van der Waals surface area (Å²) >= 11 is 0. The van der Waals surface area contributed by atoms with Crippen molar-refractivity contribution in [3.63, 3.8) is 0 Å². The molecule has 0 spiro atoms. The Bertz CT molecular complexity index is 931. The van der Waals surface area contributed by atoms with E-state index in [0.717, 1.165) is 35.6 Å². The smallest absolute Gasteiger partial charge is 0.227 e. The molecule has 0 fully saturated rings. The van der Waals surface area contributed by atoms with Gasteiger partial charge in [0, 0.05) is 24.8 Å². The zero-order valence-corrected chi connectivity index (χ0v) is 17.3. The van der Waals surface area contributed by atoms with Crippen LogP contribution in [-0.4, -0.2) is 25.0 Å². The largest absolute Gasteiger partial charge is 0.490 e. The number of hydrogen-bond acceptors (Lipinski definition) is 4. The first-order valence-corrected chi connectivity index (χ1v) is 10.2. The highest BCUT2D eigenvalue weighted by Crippen LogP contribution is 2.42. The lowest BCUT2D eigenvalue weighted by molar-refractivity contribution is -0.126. The monoisotopic (exact) mass is 396 g/mol. The second-order valence-corrected chi connectivity index (χ2v) is 8.76. The molecular weight excluding hydrogens is 368 g/mol. The third-order valence-electron chi connectivity index (χ3n) is 5.67. The van der Waals surface area contributed by atoms with Gasteiger partial charge in [0.1, 0.15) is 23.9 Å². The molecule has 1 N–H and O–H groups in total. The van der Waals surface area contributed by atoms with Crippen molar-refractivity contribution in [2.24, 2.45) is 5.41 Å². The lowest BCUT2D eigenvalue weighted by atomic mass is 9.74. The molecule has 1 aromatic carbocycles. The van der Waals surface area contributed by atoms with E-state index >= 15 is 0 Å². The number of anilines is 1. The summed E-state index contributed by atoms with van der Waals surface area (Å²) in [6.07, 6.45) is 2.07. The van der Waals surface area contributed by atoms with Gasteiger partial charge < -0.3 is 19.4 Å². The number of carbonyl (C=O) groups is 2. The summed E-state index contributed by atoms with van der Waals surface area (Å²) in [5, 5.41) is 3.13. The predicted octanol–water partition coefficient (Wildman–Crippen LogP) is 3.92. The molecule has 0 saturated carbocycles. The number of rotatable bonds is 4. The molecule has 154 valence electrons. The zero-order chi connectivity index (χ0) is 20.6. The first-order valence-electron chi connectivity index (χ1n) is 10.2. The maximum absolute atomic E-state index is 12.7. The second kappa shape index (κ2) is 7.58. The normalized spacial score (nSPS) is 19.7. The van der Waals surface area contributed by atoms with Crippen LogP contribution in [0.5, 0.6) is 5.75 Å². The average molecular weight is 396 g/mol. The van der Waals surface area contributed by atoms with E-state index in [9.17, 15) is 9.59 Å². The van der Waals surface area contributed by atoms with Crippen molar-refractivity contribution in [2.45, 2.75) is 52.5 Å². The maximum atomic E-state index is 12.7. The number of ether oxygens (including phenoxy) is 1. The molecule has 1 aliphatic carbocycles. The van der Waals surface area contributed by atoms with E-state index in [-0.39, 0.29) is 36.1 Å². The average Bonchev–Trinajstić information content (AvgIpc) is 3.04. The summed E-state index contributed by atoms with van der Waals surface area (Å²) in [5.41, 5.74) is 1.91. The van der Waals surface area contributed by atoms with E-state index in [2.05, 4.69) is 19.2 Å². The number of nitrogens with zero attached hydrogens (tertiary/aromatic N) is 1. The predicted molar refractivity (Wildman–Crippen MR) is 110 cm³/mol. The quantitative estimate of drug-likeness (QED) is 0.850. The van der Waals surface area contributed by atoms with Crippen LogP contribution in [0.3, 0.4) is 0 Å². The Labute approximate surface area is 171 Å². The summed E-state index contributed by atoms with van der Waals surface area (Å²) < 4.78 is 11.4. The number of para-hydroxylation sites is 2. The summed E-state index contributed by atoms with van der Waals surface area (Å²) in [5.74, 6) is 2.38. The van der Waals surface area contributed by atoms with Crippen molar-refractivity contribution in [3.8, 4) is 5.75 Å². The molecule has 6 heteroatoms. The first kappa shape index (κ1) is 19.6. The number of aryl methyl sites for hydroxylation is 1. The molecule has 0 radical (unpaired) electrons. The fraction of sp³-hybridized carbons (Fsp3) is 0.478. The molecule has 1 unspecified atom stereocenters. The summed E-state index contributed by atoms with van der Waals surface area (Å²) in [4.78, 5) is 27.1. The molecular formula is C23H28N2O4. The minimum atomic E-state index is -0.104. The van der Waals surface area contributed by atoms with E-state index in [0.29, 0.717) is 18.9 Å². The van der Waals surface area contributed by atoms with Crippen LogP contribution < -0.4 is 15.0 Å². The Morgan fingerprint density at radius 2 is 2.03 bits per heavy atom. The van der Waals surface area contributed by atoms with Crippen LogP contribution in [0.4, 0.5) is 5.69 Å². The molecule has 0 saturated heterocycles. The second-order valence-electron chi connectivity index (χ2n) is 8.76. The van der Waals surface area contributed by atoms with Crippen LogP contribution in [0.1, 0.15) is 56.2 Å². The number of hydrogen-bond donors (Lipinski definition) is 1. The van der Waals surface area contributed by atoms with Gasteiger partial charge in [-0.15, -0.1) is 0 Å². The molecule has 1 atom stereocenters. The third-order valence-corrected chi connectivity index (χ3v) is 5.67. The van der Waals surface area contributed by atoms with Gasteiger partial charge in [-0.05, 0) is 37.0 Å². The van der Waals surface area contributed by atoms with E-state index in [1.165, 1.54) is 0 Å². The van der Waals surface area contributed by atoms with Crippen molar-refractivity contribution < 1.29 is 18.7 Å². The van der Waals surface area contributed by atoms with Gasteiger partial charge in [-0.25, -0.2) is 0 Å². The van der Waals surface area contributed by atoms with Gasteiger partial charge in [0.05, 0.1) is 18.3 Å². The Kier molecular flexibility index (Phi) is 5.11. The number of carbonyl (C=O) groups excluding carboxylic acids is 2. The summed E-state index contributed by atoms with van der Waals surface area (Å²) in [6.45, 7) is 7.28. The number of furan rings is 1. The van der Waals surface area contributed by atoms with Crippen molar-refractivity contribution >= 4 is 17.5 Å². The number of fused-ring (bicyclic) bond motifs is 2. The highest BCUT2D eigenvalue weighted by molar-refractivity contribution is 5.97. The number of nitrogens with one attached hydrogen (secondary N) is 1. The Hall–Kier alpha value is -2.76. The minimum Gasteiger partial charge on any atom is -0.490 e. The highest BCUT2D eigenvalue weighted by atomic mass is 16.5. The van der Waals surface area contributed by atoms with E-state index in [4.69, 9.17) is 9.15 Å². The summed E-state index contributed by atoms with van der Waals surface area (Å²) in [7, 11) is 0. The first-order chi connectivity index (χ1) is 13.8. The van der Waals surface area contributed by atoms with Gasteiger partial charge >= 0.3 is 0 Å². The zero-order valence-electron chi connectivity index (χ0n) is 17.3. The van der Waals surface area contributed by atoms with Crippen LogP contribution in [0, 0.1) is 12.3 Å². The SMILES string of the molecule is Cc1cc2c(o1)CC(C)(C)CC2NC(=O)CCC(=O)N1CCOc2ccccc21. The van der Waals surface area contributed by atoms with Crippen molar-refractivity contribution in [3.05, 3.63) is 47.4 Å². The van der Waals surface area contributed by atoms with Crippen LogP contribution >= 0.6 is 0 Å². The topological polar surface area (TPSA) is 71.8 Å². The lowest BCUT2D eigenvalue weighted by Crippen LogP contribution is -2.39. The minimum absolute atomic E-state index is 0.0558. The highest BCUT2D eigenvalue weighted by Gasteiger charge is 2.35. The number of benzene rings is 1. The molecule has 6 nitrogen and oxygen atoms in total. The molecule has 2 heterocycles.